The van der Waals surface area contributed by atoms with Gasteiger partial charge in [-0.15, -0.1) is 0 Å². The first-order chi connectivity index (χ1) is 7.99. The van der Waals surface area contributed by atoms with E-state index in [4.69, 9.17) is 0 Å². The van der Waals surface area contributed by atoms with E-state index in [9.17, 15) is 8.78 Å². The van der Waals surface area contributed by atoms with Crippen molar-refractivity contribution in [2.45, 2.75) is 20.8 Å². The third kappa shape index (κ3) is 2.16. The zero-order valence-electron chi connectivity index (χ0n) is 9.88. The van der Waals surface area contributed by atoms with Gasteiger partial charge in [-0.25, -0.2) is 8.78 Å². The van der Waals surface area contributed by atoms with E-state index in [1.54, 1.807) is 20.0 Å². The summed E-state index contributed by atoms with van der Waals surface area (Å²) in [6.45, 7) is 5.20. The van der Waals surface area contributed by atoms with Crippen LogP contribution in [0.1, 0.15) is 17.0 Å². The first-order valence-electron chi connectivity index (χ1n) is 5.25. The quantitative estimate of drug-likeness (QED) is 0.756. The van der Waals surface area contributed by atoms with Gasteiger partial charge in [0.05, 0.1) is 17.1 Å². The Labute approximate surface area is 98.4 Å². The fraction of sp³-hybridized carbons (Fsp3) is 0.231. The fourth-order valence-electron chi connectivity index (χ4n) is 1.75. The van der Waals surface area contributed by atoms with Gasteiger partial charge in [0.1, 0.15) is 11.6 Å². The Bertz CT molecular complexity index is 580. The Hall–Kier alpha value is -1.84. The van der Waals surface area contributed by atoms with Crippen LogP contribution in [0.15, 0.2) is 18.3 Å². The first-order valence-corrected chi connectivity index (χ1v) is 5.25. The maximum atomic E-state index is 13.4. The van der Waals surface area contributed by atoms with Gasteiger partial charge in [0.25, 0.3) is 0 Å². The molecule has 2 rings (SSSR count). The largest absolute Gasteiger partial charge is 0.255 e. The van der Waals surface area contributed by atoms with Crippen molar-refractivity contribution in [2.24, 2.45) is 0 Å². The molecule has 17 heavy (non-hydrogen) atoms. The molecule has 0 amide bonds. The molecule has 0 saturated carbocycles. The highest BCUT2D eigenvalue weighted by atomic mass is 19.1. The molecule has 4 heteroatoms. The Balaban J connectivity index is 2.68. The van der Waals surface area contributed by atoms with E-state index in [2.05, 4.69) is 9.97 Å². The van der Waals surface area contributed by atoms with Crippen molar-refractivity contribution < 1.29 is 8.78 Å². The lowest BCUT2D eigenvalue weighted by molar-refractivity contribution is 0.578. The van der Waals surface area contributed by atoms with Gasteiger partial charge in [0.2, 0.25) is 0 Å². The predicted octanol–water partition coefficient (Wildman–Crippen LogP) is 3.35. The van der Waals surface area contributed by atoms with Crippen LogP contribution >= 0.6 is 0 Å². The molecule has 88 valence electrons. The highest BCUT2D eigenvalue weighted by molar-refractivity contribution is 5.65. The molecule has 2 aromatic rings. The van der Waals surface area contributed by atoms with Crippen LogP contribution in [0.3, 0.4) is 0 Å². The van der Waals surface area contributed by atoms with E-state index in [1.807, 2.05) is 6.92 Å². The van der Waals surface area contributed by atoms with Gasteiger partial charge >= 0.3 is 0 Å². The molecule has 0 unspecified atom stereocenters. The van der Waals surface area contributed by atoms with Crippen LogP contribution in [0.5, 0.6) is 0 Å². The summed E-state index contributed by atoms with van der Waals surface area (Å²) in [5.74, 6) is -1.17. The summed E-state index contributed by atoms with van der Waals surface area (Å²) in [5, 5.41) is 0. The van der Waals surface area contributed by atoms with Crippen molar-refractivity contribution in [3.63, 3.8) is 0 Å². The molecule has 1 aromatic heterocycles. The molecule has 1 heterocycles. The molecule has 0 radical (unpaired) electrons. The van der Waals surface area contributed by atoms with Gasteiger partial charge in [-0.3, -0.25) is 9.97 Å². The van der Waals surface area contributed by atoms with Crippen molar-refractivity contribution >= 4 is 0 Å². The van der Waals surface area contributed by atoms with Crippen LogP contribution in [-0.4, -0.2) is 9.97 Å². The summed E-state index contributed by atoms with van der Waals surface area (Å²) in [7, 11) is 0. The van der Waals surface area contributed by atoms with Crippen LogP contribution in [0.25, 0.3) is 11.3 Å². The second-order valence-corrected chi connectivity index (χ2v) is 4.01. The minimum Gasteiger partial charge on any atom is -0.255 e. The second kappa shape index (κ2) is 4.20. The SMILES string of the molecule is Cc1cnc(-c2cc(F)cc(F)c2C)c(C)n1. The Kier molecular flexibility index (Phi) is 2.88. The molecule has 0 aliphatic carbocycles. The van der Waals surface area contributed by atoms with E-state index < -0.39 is 11.6 Å². The summed E-state index contributed by atoms with van der Waals surface area (Å²) >= 11 is 0. The lowest BCUT2D eigenvalue weighted by atomic mass is 10.0. The summed E-state index contributed by atoms with van der Waals surface area (Å²) in [5.41, 5.74) is 2.80. The first kappa shape index (κ1) is 11.6. The summed E-state index contributed by atoms with van der Waals surface area (Å²) in [6.07, 6.45) is 1.59. The average molecular weight is 234 g/mol. The summed E-state index contributed by atoms with van der Waals surface area (Å²) in [6, 6.07) is 2.15. The third-order valence-electron chi connectivity index (χ3n) is 2.63. The fourth-order valence-corrected chi connectivity index (χ4v) is 1.75. The molecular formula is C13H12F2N2. The molecule has 0 fully saturated rings. The van der Waals surface area contributed by atoms with Crippen molar-refractivity contribution in [1.29, 1.82) is 0 Å². The number of hydrogen-bond acceptors (Lipinski definition) is 2. The van der Waals surface area contributed by atoms with Crippen molar-refractivity contribution in [1.82, 2.24) is 9.97 Å². The molecule has 0 saturated heterocycles. The smallest absolute Gasteiger partial charge is 0.129 e. The normalized spacial score (nSPS) is 10.6. The lowest BCUT2D eigenvalue weighted by Gasteiger charge is -2.09. The van der Waals surface area contributed by atoms with Crippen LogP contribution in [-0.2, 0) is 0 Å². The van der Waals surface area contributed by atoms with Crippen LogP contribution in [0.2, 0.25) is 0 Å². The maximum absolute atomic E-state index is 13.4. The maximum Gasteiger partial charge on any atom is 0.129 e. The monoisotopic (exact) mass is 234 g/mol. The van der Waals surface area contributed by atoms with Crippen molar-refractivity contribution in [2.75, 3.05) is 0 Å². The third-order valence-corrected chi connectivity index (χ3v) is 2.63. The zero-order valence-corrected chi connectivity index (χ0v) is 9.88. The highest BCUT2D eigenvalue weighted by Crippen LogP contribution is 2.26. The zero-order chi connectivity index (χ0) is 12.6. The Morgan fingerprint density at radius 2 is 1.76 bits per heavy atom. The van der Waals surface area contributed by atoms with Gasteiger partial charge in [0, 0.05) is 17.8 Å². The topological polar surface area (TPSA) is 25.8 Å². The molecule has 2 nitrogen and oxygen atoms in total. The number of benzene rings is 1. The number of halogens is 2. The Morgan fingerprint density at radius 1 is 1.06 bits per heavy atom. The van der Waals surface area contributed by atoms with E-state index in [0.29, 0.717) is 22.5 Å². The predicted molar refractivity (Wildman–Crippen MR) is 61.6 cm³/mol. The molecule has 0 atom stereocenters. The second-order valence-electron chi connectivity index (χ2n) is 4.01. The van der Waals surface area contributed by atoms with Gasteiger partial charge in [-0.05, 0) is 32.4 Å². The van der Waals surface area contributed by atoms with E-state index in [1.165, 1.54) is 6.07 Å². The molecule has 1 aromatic carbocycles. The highest BCUT2D eigenvalue weighted by Gasteiger charge is 2.13. The molecule has 0 spiro atoms. The molecular weight excluding hydrogens is 222 g/mol. The molecule has 0 bridgehead atoms. The van der Waals surface area contributed by atoms with Crippen LogP contribution in [0.4, 0.5) is 8.78 Å². The standard InChI is InChI=1S/C13H12F2N2/c1-7-6-16-13(9(3)17-7)11-4-10(14)5-12(15)8(11)2/h4-6H,1-3H3. The van der Waals surface area contributed by atoms with Crippen molar-refractivity contribution in [3.05, 3.63) is 46.9 Å². The lowest BCUT2D eigenvalue weighted by Crippen LogP contribution is -1.98. The van der Waals surface area contributed by atoms with Crippen LogP contribution < -0.4 is 0 Å². The molecule has 0 N–H and O–H groups in total. The minimum absolute atomic E-state index is 0.382. The minimum atomic E-state index is -0.607. The number of hydrogen-bond donors (Lipinski definition) is 0. The number of rotatable bonds is 1. The number of aryl methyl sites for hydroxylation is 2. The number of aromatic nitrogens is 2. The van der Waals surface area contributed by atoms with E-state index in [-0.39, 0.29) is 0 Å². The van der Waals surface area contributed by atoms with Gasteiger partial charge in [0.15, 0.2) is 0 Å². The van der Waals surface area contributed by atoms with Gasteiger partial charge in [-0.2, -0.15) is 0 Å². The number of nitrogens with zero attached hydrogens (tertiary/aromatic N) is 2. The van der Waals surface area contributed by atoms with Gasteiger partial charge in [-0.1, -0.05) is 0 Å². The summed E-state index contributed by atoms with van der Waals surface area (Å²) in [4.78, 5) is 8.44. The van der Waals surface area contributed by atoms with Crippen LogP contribution in [0, 0.1) is 32.4 Å². The Morgan fingerprint density at radius 3 is 2.41 bits per heavy atom. The van der Waals surface area contributed by atoms with Crippen molar-refractivity contribution in [3.8, 4) is 11.3 Å². The van der Waals surface area contributed by atoms with E-state index >= 15 is 0 Å². The molecule has 0 aliphatic rings. The molecule has 0 aliphatic heterocycles. The summed E-state index contributed by atoms with van der Waals surface area (Å²) < 4.78 is 26.7. The van der Waals surface area contributed by atoms with E-state index in [0.717, 1.165) is 11.8 Å². The average Bonchev–Trinajstić information content (AvgIpc) is 2.24. The van der Waals surface area contributed by atoms with Gasteiger partial charge < -0.3 is 0 Å².